The summed E-state index contributed by atoms with van der Waals surface area (Å²) in [5.41, 5.74) is 1.46. The summed E-state index contributed by atoms with van der Waals surface area (Å²) in [5, 5.41) is 16.8. The number of rotatable bonds is 6. The normalized spacial score (nSPS) is 10.6. The number of hydrogen-bond donors (Lipinski definition) is 3. The summed E-state index contributed by atoms with van der Waals surface area (Å²) in [4.78, 5) is 9.02. The molecule has 2 aromatic carbocycles. The number of aliphatic hydroxyl groups excluding tert-OH is 1. The van der Waals surface area contributed by atoms with E-state index >= 15 is 0 Å². The lowest BCUT2D eigenvalue weighted by Crippen LogP contribution is -2.09. The molecule has 124 valence electrons. The van der Waals surface area contributed by atoms with Crippen molar-refractivity contribution in [2.45, 2.75) is 0 Å². The quantitative estimate of drug-likeness (QED) is 0.635. The molecule has 0 spiro atoms. The van der Waals surface area contributed by atoms with Crippen molar-refractivity contribution in [1.82, 2.24) is 9.97 Å². The molecule has 0 atom stereocenters. The van der Waals surface area contributed by atoms with Gasteiger partial charge < -0.3 is 20.5 Å². The molecule has 3 aromatic rings. The SMILES string of the molecule is COc1ccc(Cl)cc1Nc1nc(NCCO)c2ccccc2n1. The second-order valence-electron chi connectivity index (χ2n) is 5.03. The Morgan fingerprint density at radius 2 is 2.00 bits per heavy atom. The molecule has 0 aliphatic heterocycles. The van der Waals surface area contributed by atoms with E-state index in [2.05, 4.69) is 20.6 Å². The first-order chi connectivity index (χ1) is 11.7. The van der Waals surface area contributed by atoms with Crippen molar-refractivity contribution in [3.8, 4) is 5.75 Å². The number of ether oxygens (including phenoxy) is 1. The Morgan fingerprint density at radius 3 is 2.79 bits per heavy atom. The molecule has 1 aromatic heterocycles. The smallest absolute Gasteiger partial charge is 0.229 e. The van der Waals surface area contributed by atoms with Gasteiger partial charge in [-0.15, -0.1) is 0 Å². The number of aliphatic hydroxyl groups is 1. The number of fused-ring (bicyclic) bond motifs is 1. The van der Waals surface area contributed by atoms with Gasteiger partial charge in [0.2, 0.25) is 5.95 Å². The van der Waals surface area contributed by atoms with Gasteiger partial charge in [0.25, 0.3) is 0 Å². The summed E-state index contributed by atoms with van der Waals surface area (Å²) in [7, 11) is 1.59. The number of anilines is 3. The summed E-state index contributed by atoms with van der Waals surface area (Å²) in [6.07, 6.45) is 0. The number of para-hydroxylation sites is 1. The molecule has 0 amide bonds. The third-order valence-corrected chi connectivity index (χ3v) is 3.65. The number of nitrogens with one attached hydrogen (secondary N) is 2. The predicted molar refractivity (Wildman–Crippen MR) is 96.4 cm³/mol. The zero-order chi connectivity index (χ0) is 16.9. The van der Waals surface area contributed by atoms with Crippen LogP contribution in [0, 0.1) is 0 Å². The van der Waals surface area contributed by atoms with Gasteiger partial charge in [-0.1, -0.05) is 23.7 Å². The number of halogens is 1. The Hall–Kier alpha value is -2.57. The van der Waals surface area contributed by atoms with Crippen LogP contribution in [0.2, 0.25) is 5.02 Å². The van der Waals surface area contributed by atoms with E-state index in [1.165, 1.54) is 0 Å². The van der Waals surface area contributed by atoms with Crippen molar-refractivity contribution < 1.29 is 9.84 Å². The van der Waals surface area contributed by atoms with Gasteiger partial charge in [0.05, 0.1) is 24.9 Å². The molecule has 0 aliphatic carbocycles. The third kappa shape index (κ3) is 3.50. The van der Waals surface area contributed by atoms with Gasteiger partial charge >= 0.3 is 0 Å². The van der Waals surface area contributed by atoms with Crippen LogP contribution in [-0.4, -0.2) is 35.3 Å². The minimum Gasteiger partial charge on any atom is -0.495 e. The van der Waals surface area contributed by atoms with Crippen molar-refractivity contribution in [3.63, 3.8) is 0 Å². The lowest BCUT2D eigenvalue weighted by molar-refractivity contribution is 0.311. The van der Waals surface area contributed by atoms with Crippen LogP contribution in [0.5, 0.6) is 5.75 Å². The number of nitrogens with zero attached hydrogens (tertiary/aromatic N) is 2. The lowest BCUT2D eigenvalue weighted by atomic mass is 10.2. The Bertz CT molecular complexity index is 857. The molecule has 0 unspecified atom stereocenters. The number of methoxy groups -OCH3 is 1. The minimum absolute atomic E-state index is 0.0171. The molecular weight excluding hydrogens is 328 g/mol. The van der Waals surface area contributed by atoms with Crippen LogP contribution in [0.3, 0.4) is 0 Å². The zero-order valence-electron chi connectivity index (χ0n) is 13.1. The fourth-order valence-electron chi connectivity index (χ4n) is 2.34. The summed E-state index contributed by atoms with van der Waals surface area (Å²) >= 11 is 6.06. The molecule has 0 aliphatic rings. The summed E-state index contributed by atoms with van der Waals surface area (Å²) in [6.45, 7) is 0.421. The van der Waals surface area contributed by atoms with Gasteiger partial charge in [-0.3, -0.25) is 0 Å². The second kappa shape index (κ2) is 7.33. The number of benzene rings is 2. The van der Waals surface area contributed by atoms with Crippen LogP contribution < -0.4 is 15.4 Å². The monoisotopic (exact) mass is 344 g/mol. The molecule has 1 heterocycles. The summed E-state index contributed by atoms with van der Waals surface area (Å²) in [6, 6.07) is 12.9. The molecular formula is C17H17ClN4O2. The highest BCUT2D eigenvalue weighted by Gasteiger charge is 2.10. The predicted octanol–water partition coefficient (Wildman–Crippen LogP) is 3.44. The van der Waals surface area contributed by atoms with E-state index < -0.39 is 0 Å². The van der Waals surface area contributed by atoms with Gasteiger partial charge in [-0.2, -0.15) is 4.98 Å². The van der Waals surface area contributed by atoms with Crippen molar-refractivity contribution in [3.05, 3.63) is 47.5 Å². The summed E-state index contributed by atoms with van der Waals surface area (Å²) < 4.78 is 5.33. The highest BCUT2D eigenvalue weighted by atomic mass is 35.5. The molecule has 6 nitrogen and oxygen atoms in total. The van der Waals surface area contributed by atoms with Crippen LogP contribution >= 0.6 is 11.6 Å². The fourth-order valence-corrected chi connectivity index (χ4v) is 2.51. The van der Waals surface area contributed by atoms with Crippen LogP contribution in [0.4, 0.5) is 17.5 Å². The number of hydrogen-bond acceptors (Lipinski definition) is 6. The highest BCUT2D eigenvalue weighted by molar-refractivity contribution is 6.31. The average Bonchev–Trinajstić information content (AvgIpc) is 2.60. The Kier molecular flexibility index (Phi) is 4.98. The Labute approximate surface area is 144 Å². The van der Waals surface area contributed by atoms with E-state index in [0.717, 1.165) is 10.9 Å². The van der Waals surface area contributed by atoms with E-state index in [4.69, 9.17) is 21.4 Å². The lowest BCUT2D eigenvalue weighted by Gasteiger charge is -2.13. The molecule has 3 rings (SSSR count). The highest BCUT2D eigenvalue weighted by Crippen LogP contribution is 2.31. The molecule has 0 saturated carbocycles. The topological polar surface area (TPSA) is 79.3 Å². The zero-order valence-corrected chi connectivity index (χ0v) is 13.8. The maximum absolute atomic E-state index is 9.05. The van der Waals surface area contributed by atoms with Gasteiger partial charge in [0.1, 0.15) is 11.6 Å². The van der Waals surface area contributed by atoms with E-state index in [1.807, 2.05) is 24.3 Å². The fraction of sp³-hybridized carbons (Fsp3) is 0.176. The Balaban J connectivity index is 2.02. The van der Waals surface area contributed by atoms with Crippen LogP contribution in [0.25, 0.3) is 10.9 Å². The average molecular weight is 345 g/mol. The standard InChI is InChI=1S/C17H17ClN4O2/c1-24-15-7-6-11(18)10-14(15)21-17-20-13-5-3-2-4-12(13)16(22-17)19-8-9-23/h2-7,10,23H,8-9H2,1H3,(H2,19,20,21,22). The third-order valence-electron chi connectivity index (χ3n) is 3.42. The van der Waals surface area contributed by atoms with Crippen LogP contribution in [-0.2, 0) is 0 Å². The maximum Gasteiger partial charge on any atom is 0.229 e. The molecule has 24 heavy (non-hydrogen) atoms. The van der Waals surface area contributed by atoms with Gasteiger partial charge in [-0.25, -0.2) is 4.98 Å². The van der Waals surface area contributed by atoms with E-state index in [9.17, 15) is 0 Å². The second-order valence-corrected chi connectivity index (χ2v) is 5.47. The van der Waals surface area contributed by atoms with E-state index in [1.54, 1.807) is 25.3 Å². The van der Waals surface area contributed by atoms with Crippen LogP contribution in [0.15, 0.2) is 42.5 Å². The van der Waals surface area contributed by atoms with Gasteiger partial charge in [0, 0.05) is 17.0 Å². The summed E-state index contributed by atoms with van der Waals surface area (Å²) in [5.74, 6) is 1.70. The van der Waals surface area contributed by atoms with Crippen LogP contribution in [0.1, 0.15) is 0 Å². The van der Waals surface area contributed by atoms with Gasteiger partial charge in [-0.05, 0) is 30.3 Å². The molecule has 7 heteroatoms. The molecule has 0 radical (unpaired) electrons. The molecule has 0 fully saturated rings. The minimum atomic E-state index is 0.0171. The maximum atomic E-state index is 9.05. The van der Waals surface area contributed by atoms with E-state index in [-0.39, 0.29) is 6.61 Å². The first kappa shape index (κ1) is 16.3. The van der Waals surface area contributed by atoms with Gasteiger partial charge in [0.15, 0.2) is 0 Å². The largest absolute Gasteiger partial charge is 0.495 e. The van der Waals surface area contributed by atoms with Crippen molar-refractivity contribution in [1.29, 1.82) is 0 Å². The van der Waals surface area contributed by atoms with E-state index in [0.29, 0.717) is 34.8 Å². The first-order valence-corrected chi connectivity index (χ1v) is 7.81. The Morgan fingerprint density at radius 1 is 1.17 bits per heavy atom. The number of aromatic nitrogens is 2. The molecule has 3 N–H and O–H groups in total. The first-order valence-electron chi connectivity index (χ1n) is 7.43. The molecule has 0 bridgehead atoms. The van der Waals surface area contributed by atoms with Crippen molar-refractivity contribution in [2.24, 2.45) is 0 Å². The van der Waals surface area contributed by atoms with Crippen molar-refractivity contribution in [2.75, 3.05) is 30.9 Å². The van der Waals surface area contributed by atoms with Crippen molar-refractivity contribution >= 4 is 40.0 Å². The molecule has 0 saturated heterocycles.